The SMILES string of the molecule is CC1(C)C2CN(C(=O)[C@@H](NC(=O)NC3(CS(C)(=O)=O)CCCCC3)C3CCCCC3)[C@H](C(=O)O)[C@H]21. The molecule has 1 aliphatic heterocycles. The molecule has 3 saturated carbocycles. The van der Waals surface area contributed by atoms with Crippen LogP contribution in [0.5, 0.6) is 0 Å². The summed E-state index contributed by atoms with van der Waals surface area (Å²) in [5.74, 6) is -1.39. The maximum Gasteiger partial charge on any atom is 0.326 e. The molecule has 4 rings (SSSR count). The predicted molar refractivity (Wildman–Crippen MR) is 131 cm³/mol. The minimum absolute atomic E-state index is 0.0569. The zero-order chi connectivity index (χ0) is 25.6. The van der Waals surface area contributed by atoms with E-state index in [0.29, 0.717) is 19.4 Å². The third-order valence-corrected chi connectivity index (χ3v) is 10.2. The Morgan fingerprint density at radius 3 is 2.20 bits per heavy atom. The zero-order valence-electron chi connectivity index (χ0n) is 21.2. The van der Waals surface area contributed by atoms with E-state index >= 15 is 0 Å². The Morgan fingerprint density at radius 1 is 1.03 bits per heavy atom. The summed E-state index contributed by atoms with van der Waals surface area (Å²) in [6.45, 7) is 4.50. The summed E-state index contributed by atoms with van der Waals surface area (Å²) in [5, 5.41) is 15.8. The lowest BCUT2D eigenvalue weighted by molar-refractivity contribution is -0.151. The Bertz CT molecular complexity index is 952. The van der Waals surface area contributed by atoms with Crippen LogP contribution in [0.4, 0.5) is 4.79 Å². The number of nitrogens with one attached hydrogen (secondary N) is 2. The Kier molecular flexibility index (Phi) is 7.16. The molecule has 0 aromatic rings. The molecule has 0 radical (unpaired) electrons. The lowest BCUT2D eigenvalue weighted by atomic mass is 9.82. The van der Waals surface area contributed by atoms with Gasteiger partial charge in [-0.2, -0.15) is 0 Å². The second-order valence-corrected chi connectivity index (χ2v) is 14.3. The highest BCUT2D eigenvalue weighted by atomic mass is 32.2. The van der Waals surface area contributed by atoms with E-state index < -0.39 is 39.5 Å². The van der Waals surface area contributed by atoms with Gasteiger partial charge in [0.25, 0.3) is 0 Å². The monoisotopic (exact) mass is 511 g/mol. The van der Waals surface area contributed by atoms with Crippen LogP contribution in [0.3, 0.4) is 0 Å². The Labute approximate surface area is 208 Å². The number of sulfone groups is 1. The normalized spacial score (nSPS) is 30.7. The van der Waals surface area contributed by atoms with Gasteiger partial charge in [0.05, 0.1) is 11.3 Å². The Balaban J connectivity index is 1.52. The largest absolute Gasteiger partial charge is 0.480 e. The van der Waals surface area contributed by atoms with Gasteiger partial charge in [-0.3, -0.25) is 4.79 Å². The van der Waals surface area contributed by atoms with Crippen LogP contribution in [0.25, 0.3) is 0 Å². The number of fused-ring (bicyclic) bond motifs is 1. The minimum Gasteiger partial charge on any atom is -0.480 e. The number of carbonyl (C=O) groups excluding carboxylic acids is 2. The molecule has 3 amide bonds. The van der Waals surface area contributed by atoms with Crippen molar-refractivity contribution in [2.75, 3.05) is 18.6 Å². The number of amides is 3. The van der Waals surface area contributed by atoms with Crippen LogP contribution in [-0.2, 0) is 19.4 Å². The van der Waals surface area contributed by atoms with Crippen molar-refractivity contribution in [1.29, 1.82) is 0 Å². The van der Waals surface area contributed by atoms with Crippen molar-refractivity contribution >= 4 is 27.7 Å². The molecule has 10 heteroatoms. The minimum atomic E-state index is -3.32. The fourth-order valence-corrected chi connectivity index (χ4v) is 8.64. The van der Waals surface area contributed by atoms with Gasteiger partial charge < -0.3 is 20.6 Å². The second-order valence-electron chi connectivity index (χ2n) is 12.1. The van der Waals surface area contributed by atoms with Crippen LogP contribution in [-0.4, -0.2) is 72.5 Å². The molecule has 4 aliphatic rings. The summed E-state index contributed by atoms with van der Waals surface area (Å²) in [7, 11) is -3.32. The lowest BCUT2D eigenvalue weighted by Gasteiger charge is -2.39. The average molecular weight is 512 g/mol. The molecule has 3 N–H and O–H groups in total. The predicted octanol–water partition coefficient (Wildman–Crippen LogP) is 2.55. The summed E-state index contributed by atoms with van der Waals surface area (Å²) in [6.07, 6.45) is 9.66. The van der Waals surface area contributed by atoms with Crippen molar-refractivity contribution in [1.82, 2.24) is 15.5 Å². The van der Waals surface area contributed by atoms with Crippen LogP contribution in [0, 0.1) is 23.2 Å². The highest BCUT2D eigenvalue weighted by Gasteiger charge is 2.70. The quantitative estimate of drug-likeness (QED) is 0.481. The molecule has 35 heavy (non-hydrogen) atoms. The van der Waals surface area contributed by atoms with Gasteiger partial charge in [0.1, 0.15) is 21.9 Å². The highest BCUT2D eigenvalue weighted by Crippen LogP contribution is 2.65. The average Bonchev–Trinajstić information content (AvgIpc) is 3.09. The van der Waals surface area contributed by atoms with E-state index in [1.807, 2.05) is 0 Å². The van der Waals surface area contributed by atoms with Gasteiger partial charge in [0.2, 0.25) is 5.91 Å². The molecular formula is C25H41N3O6S. The summed E-state index contributed by atoms with van der Waals surface area (Å²) in [5.41, 5.74) is -0.928. The van der Waals surface area contributed by atoms with Crippen LogP contribution in [0.15, 0.2) is 0 Å². The molecule has 0 spiro atoms. The van der Waals surface area contributed by atoms with E-state index in [9.17, 15) is 27.9 Å². The van der Waals surface area contributed by atoms with Gasteiger partial charge in [-0.25, -0.2) is 18.0 Å². The number of carbonyl (C=O) groups is 3. The molecule has 4 fully saturated rings. The van der Waals surface area contributed by atoms with Gasteiger partial charge in [0, 0.05) is 18.7 Å². The number of aliphatic carboxylic acids is 1. The van der Waals surface area contributed by atoms with E-state index in [4.69, 9.17) is 0 Å². The van der Waals surface area contributed by atoms with E-state index in [-0.39, 0.29) is 34.8 Å². The van der Waals surface area contributed by atoms with Gasteiger partial charge in [0.15, 0.2) is 0 Å². The van der Waals surface area contributed by atoms with Gasteiger partial charge in [-0.15, -0.1) is 0 Å². The third-order valence-electron chi connectivity index (χ3n) is 9.15. The van der Waals surface area contributed by atoms with Crippen molar-refractivity contribution in [2.45, 2.75) is 95.7 Å². The molecule has 0 aromatic heterocycles. The van der Waals surface area contributed by atoms with Gasteiger partial charge in [-0.05, 0) is 42.9 Å². The molecule has 9 nitrogen and oxygen atoms in total. The molecular weight excluding hydrogens is 470 g/mol. The number of nitrogens with zero attached hydrogens (tertiary/aromatic N) is 1. The number of hydrogen-bond acceptors (Lipinski definition) is 5. The van der Waals surface area contributed by atoms with Crippen LogP contribution in [0.2, 0.25) is 0 Å². The van der Waals surface area contributed by atoms with Crippen molar-refractivity contribution in [3.8, 4) is 0 Å². The topological polar surface area (TPSA) is 133 Å². The van der Waals surface area contributed by atoms with E-state index in [1.54, 1.807) is 0 Å². The summed E-state index contributed by atoms with van der Waals surface area (Å²) in [6, 6.07) is -2.21. The van der Waals surface area contributed by atoms with Gasteiger partial charge >= 0.3 is 12.0 Å². The molecule has 1 heterocycles. The first-order valence-electron chi connectivity index (χ1n) is 13.1. The number of piperidine rings is 1. The van der Waals surface area contributed by atoms with Crippen molar-refractivity contribution in [3.63, 3.8) is 0 Å². The smallest absolute Gasteiger partial charge is 0.326 e. The van der Waals surface area contributed by atoms with Crippen LogP contribution < -0.4 is 10.6 Å². The summed E-state index contributed by atoms with van der Waals surface area (Å²) in [4.78, 5) is 40.7. The Morgan fingerprint density at radius 2 is 1.63 bits per heavy atom. The summed E-state index contributed by atoms with van der Waals surface area (Å²) < 4.78 is 24.3. The van der Waals surface area contributed by atoms with Crippen LogP contribution >= 0.6 is 0 Å². The number of likely N-dealkylation sites (tertiary alicyclic amines) is 1. The van der Waals surface area contributed by atoms with E-state index in [0.717, 1.165) is 51.4 Å². The Hall–Kier alpha value is -1.84. The highest BCUT2D eigenvalue weighted by molar-refractivity contribution is 7.90. The van der Waals surface area contributed by atoms with Crippen molar-refractivity contribution < 1.29 is 27.9 Å². The maximum atomic E-state index is 13.8. The molecule has 1 unspecified atom stereocenters. The lowest BCUT2D eigenvalue weighted by Crippen LogP contribution is -2.62. The zero-order valence-corrected chi connectivity index (χ0v) is 22.0. The number of hydrogen-bond donors (Lipinski definition) is 3. The molecule has 3 aliphatic carbocycles. The van der Waals surface area contributed by atoms with E-state index in [2.05, 4.69) is 24.5 Å². The first kappa shape index (κ1) is 26.2. The summed E-state index contributed by atoms with van der Waals surface area (Å²) >= 11 is 0. The van der Waals surface area contributed by atoms with Crippen molar-refractivity contribution in [2.24, 2.45) is 23.2 Å². The standard InChI is InChI=1S/C25H41N3O6S/c1-24(2)17-14-28(20(18(17)24)22(30)31)21(29)19(16-10-6-4-7-11-16)26-23(32)27-25(15-35(3,33)34)12-8-5-9-13-25/h16-20H,4-15H2,1-3H3,(H,30,31)(H2,26,27,32)/t17?,18-,19-,20-/m0/s1. The molecule has 4 atom stereocenters. The number of urea groups is 1. The maximum absolute atomic E-state index is 13.8. The van der Waals surface area contributed by atoms with Crippen molar-refractivity contribution in [3.05, 3.63) is 0 Å². The second kappa shape index (κ2) is 9.56. The van der Waals surface area contributed by atoms with E-state index in [1.165, 1.54) is 11.2 Å². The fraction of sp³-hybridized carbons (Fsp3) is 0.880. The first-order chi connectivity index (χ1) is 16.3. The van der Waals surface area contributed by atoms with Gasteiger partial charge in [-0.1, -0.05) is 52.4 Å². The molecule has 198 valence electrons. The number of carboxylic acid groups (broad SMARTS) is 1. The molecule has 0 aromatic carbocycles. The van der Waals surface area contributed by atoms with Crippen LogP contribution in [0.1, 0.15) is 78.1 Å². The molecule has 1 saturated heterocycles. The number of rotatable bonds is 7. The molecule has 0 bridgehead atoms. The first-order valence-corrected chi connectivity index (χ1v) is 15.2. The number of carboxylic acids is 1. The fourth-order valence-electron chi connectivity index (χ4n) is 7.28. The third kappa shape index (κ3) is 5.47.